The zero-order valence-electron chi connectivity index (χ0n) is 8.04. The van der Waals surface area contributed by atoms with Gasteiger partial charge in [0, 0.05) is 18.8 Å². The summed E-state index contributed by atoms with van der Waals surface area (Å²) in [4.78, 5) is 4.12. The molecule has 12 heavy (non-hydrogen) atoms. The lowest BCUT2D eigenvalue weighted by Gasteiger charge is -2.11. The molecule has 1 aromatic rings. The highest BCUT2D eigenvalue weighted by Gasteiger charge is 2.03. The molecule has 0 aliphatic heterocycles. The van der Waals surface area contributed by atoms with Crippen LogP contribution < -0.4 is 5.32 Å². The van der Waals surface area contributed by atoms with Crippen LogP contribution >= 0.6 is 0 Å². The number of hydrogen-bond acceptors (Lipinski definition) is 2. The lowest BCUT2D eigenvalue weighted by atomic mass is 10.3. The van der Waals surface area contributed by atoms with Gasteiger partial charge in [0.25, 0.3) is 0 Å². The van der Waals surface area contributed by atoms with Crippen molar-refractivity contribution in [2.24, 2.45) is 0 Å². The fourth-order valence-corrected chi connectivity index (χ4v) is 1.19. The molecule has 0 aliphatic rings. The fourth-order valence-electron chi connectivity index (χ4n) is 1.19. The van der Waals surface area contributed by atoms with E-state index >= 15 is 0 Å². The lowest BCUT2D eigenvalue weighted by Crippen LogP contribution is -2.15. The Labute approximate surface area is 73.8 Å². The molecule has 0 saturated heterocycles. The van der Waals surface area contributed by atoms with Crippen LogP contribution in [0.2, 0.25) is 0 Å². The molecule has 0 fully saturated rings. The van der Waals surface area contributed by atoms with Gasteiger partial charge in [0.1, 0.15) is 0 Å². The van der Waals surface area contributed by atoms with Gasteiger partial charge in [-0.05, 0) is 20.4 Å². The van der Waals surface area contributed by atoms with Crippen molar-refractivity contribution in [3.63, 3.8) is 0 Å². The van der Waals surface area contributed by atoms with Gasteiger partial charge in [-0.25, -0.2) is 4.98 Å². The van der Waals surface area contributed by atoms with Crippen LogP contribution in [-0.2, 0) is 6.54 Å². The minimum Gasteiger partial charge on any atom is -0.331 e. The van der Waals surface area contributed by atoms with Crippen molar-refractivity contribution in [1.82, 2.24) is 14.9 Å². The number of nitrogens with zero attached hydrogens (tertiary/aromatic N) is 2. The normalized spacial score (nSPS) is 11.0. The van der Waals surface area contributed by atoms with Gasteiger partial charge in [-0.2, -0.15) is 0 Å². The summed E-state index contributed by atoms with van der Waals surface area (Å²) in [5.74, 6) is 0. The molecule has 0 unspecified atom stereocenters. The minimum atomic E-state index is 0.501. The molecule has 0 atom stereocenters. The number of nitrogens with one attached hydrogen (secondary N) is 1. The summed E-state index contributed by atoms with van der Waals surface area (Å²) in [6.45, 7) is 8.35. The Balaban J connectivity index is 2.64. The Morgan fingerprint density at radius 2 is 2.33 bits per heavy atom. The van der Waals surface area contributed by atoms with E-state index in [9.17, 15) is 0 Å². The highest BCUT2D eigenvalue weighted by molar-refractivity contribution is 4.99. The molecule has 0 spiro atoms. The maximum atomic E-state index is 4.12. The standard InChI is InChI=1S/C9H17N3/c1-4-10-5-9-6-11-7-12(9)8(2)3/h6-8,10H,4-5H2,1-3H3. The summed E-state index contributed by atoms with van der Waals surface area (Å²) < 4.78 is 2.18. The summed E-state index contributed by atoms with van der Waals surface area (Å²) in [6.07, 6.45) is 3.81. The van der Waals surface area contributed by atoms with Crippen molar-refractivity contribution in [3.05, 3.63) is 18.2 Å². The van der Waals surface area contributed by atoms with Crippen LogP contribution in [0.1, 0.15) is 32.5 Å². The largest absolute Gasteiger partial charge is 0.331 e. The number of aromatic nitrogens is 2. The summed E-state index contributed by atoms with van der Waals surface area (Å²) in [5, 5.41) is 3.29. The van der Waals surface area contributed by atoms with Crippen LogP contribution in [0.3, 0.4) is 0 Å². The Bertz CT molecular complexity index is 227. The molecule has 0 amide bonds. The van der Waals surface area contributed by atoms with E-state index in [4.69, 9.17) is 0 Å². The zero-order chi connectivity index (χ0) is 8.97. The number of imidazole rings is 1. The van der Waals surface area contributed by atoms with Crippen molar-refractivity contribution >= 4 is 0 Å². The van der Waals surface area contributed by atoms with Crippen LogP contribution in [0.15, 0.2) is 12.5 Å². The highest BCUT2D eigenvalue weighted by atomic mass is 15.1. The Kier molecular flexibility index (Phi) is 3.29. The van der Waals surface area contributed by atoms with E-state index in [1.54, 1.807) is 0 Å². The molecule has 3 heteroatoms. The van der Waals surface area contributed by atoms with E-state index < -0.39 is 0 Å². The summed E-state index contributed by atoms with van der Waals surface area (Å²) in [7, 11) is 0. The van der Waals surface area contributed by atoms with Gasteiger partial charge in [-0.1, -0.05) is 6.92 Å². The third-order valence-corrected chi connectivity index (χ3v) is 1.86. The lowest BCUT2D eigenvalue weighted by molar-refractivity contribution is 0.555. The monoisotopic (exact) mass is 167 g/mol. The topological polar surface area (TPSA) is 29.9 Å². The fraction of sp³-hybridized carbons (Fsp3) is 0.667. The second-order valence-electron chi connectivity index (χ2n) is 3.17. The van der Waals surface area contributed by atoms with Crippen molar-refractivity contribution in [2.75, 3.05) is 6.54 Å². The van der Waals surface area contributed by atoms with Crippen molar-refractivity contribution in [1.29, 1.82) is 0 Å². The van der Waals surface area contributed by atoms with Gasteiger partial charge >= 0.3 is 0 Å². The second kappa shape index (κ2) is 4.26. The molecule has 0 aliphatic carbocycles. The summed E-state index contributed by atoms with van der Waals surface area (Å²) in [6, 6.07) is 0.501. The Morgan fingerprint density at radius 1 is 1.58 bits per heavy atom. The first kappa shape index (κ1) is 9.26. The van der Waals surface area contributed by atoms with Gasteiger partial charge in [-0.15, -0.1) is 0 Å². The predicted octanol–water partition coefficient (Wildman–Crippen LogP) is 1.57. The molecule has 1 heterocycles. The van der Waals surface area contributed by atoms with Gasteiger partial charge < -0.3 is 9.88 Å². The first-order valence-corrected chi connectivity index (χ1v) is 4.47. The third-order valence-electron chi connectivity index (χ3n) is 1.86. The van der Waals surface area contributed by atoms with Gasteiger partial charge in [0.05, 0.1) is 12.0 Å². The predicted molar refractivity (Wildman–Crippen MR) is 50.0 cm³/mol. The van der Waals surface area contributed by atoms with Crippen molar-refractivity contribution in [3.8, 4) is 0 Å². The van der Waals surface area contributed by atoms with Gasteiger partial charge in [0.2, 0.25) is 0 Å². The molecule has 0 saturated carbocycles. The molecular weight excluding hydrogens is 150 g/mol. The summed E-state index contributed by atoms with van der Waals surface area (Å²) in [5.41, 5.74) is 1.26. The Hall–Kier alpha value is -0.830. The van der Waals surface area contributed by atoms with Crippen LogP contribution in [0.25, 0.3) is 0 Å². The number of hydrogen-bond donors (Lipinski definition) is 1. The molecule has 3 nitrogen and oxygen atoms in total. The molecule has 1 aromatic heterocycles. The third kappa shape index (κ3) is 2.08. The molecule has 1 rings (SSSR count). The van der Waals surface area contributed by atoms with E-state index in [2.05, 4.69) is 35.6 Å². The number of rotatable bonds is 4. The van der Waals surface area contributed by atoms with Crippen LogP contribution in [0, 0.1) is 0 Å². The molecule has 68 valence electrons. The minimum absolute atomic E-state index is 0.501. The van der Waals surface area contributed by atoms with Crippen LogP contribution in [0.5, 0.6) is 0 Å². The van der Waals surface area contributed by atoms with E-state index in [1.807, 2.05) is 12.5 Å². The van der Waals surface area contributed by atoms with E-state index in [0.717, 1.165) is 13.1 Å². The zero-order valence-corrected chi connectivity index (χ0v) is 8.04. The average Bonchev–Trinajstić information content (AvgIpc) is 2.48. The molecule has 0 bridgehead atoms. The molecule has 0 radical (unpaired) electrons. The van der Waals surface area contributed by atoms with E-state index in [0.29, 0.717) is 6.04 Å². The first-order valence-electron chi connectivity index (χ1n) is 4.47. The maximum Gasteiger partial charge on any atom is 0.0951 e. The molecule has 1 N–H and O–H groups in total. The van der Waals surface area contributed by atoms with Crippen LogP contribution in [0.4, 0.5) is 0 Å². The van der Waals surface area contributed by atoms with Crippen LogP contribution in [-0.4, -0.2) is 16.1 Å². The van der Waals surface area contributed by atoms with Gasteiger partial charge in [-0.3, -0.25) is 0 Å². The average molecular weight is 167 g/mol. The van der Waals surface area contributed by atoms with E-state index in [1.165, 1.54) is 5.69 Å². The molecule has 0 aromatic carbocycles. The highest BCUT2D eigenvalue weighted by Crippen LogP contribution is 2.07. The van der Waals surface area contributed by atoms with Crippen molar-refractivity contribution < 1.29 is 0 Å². The Morgan fingerprint density at radius 3 is 2.92 bits per heavy atom. The van der Waals surface area contributed by atoms with Gasteiger partial charge in [0.15, 0.2) is 0 Å². The second-order valence-corrected chi connectivity index (χ2v) is 3.17. The maximum absolute atomic E-state index is 4.12. The quantitative estimate of drug-likeness (QED) is 0.737. The van der Waals surface area contributed by atoms with Crippen molar-refractivity contribution in [2.45, 2.75) is 33.4 Å². The smallest absolute Gasteiger partial charge is 0.0951 e. The van der Waals surface area contributed by atoms with E-state index in [-0.39, 0.29) is 0 Å². The molecular formula is C9H17N3. The first-order chi connectivity index (χ1) is 5.75. The summed E-state index contributed by atoms with van der Waals surface area (Å²) >= 11 is 0. The SMILES string of the molecule is CCNCc1cncn1C(C)C.